The molecule has 3 heterocycles. The van der Waals surface area contributed by atoms with E-state index in [4.69, 9.17) is 10.00 Å². The fourth-order valence-corrected chi connectivity index (χ4v) is 3.29. The van der Waals surface area contributed by atoms with Gasteiger partial charge in [0, 0.05) is 38.7 Å². The maximum atomic E-state index is 12.3. The summed E-state index contributed by atoms with van der Waals surface area (Å²) in [4.78, 5) is 18.8. The molecular formula is C18H22N4O3. The van der Waals surface area contributed by atoms with Crippen molar-refractivity contribution in [1.29, 1.82) is 5.26 Å². The van der Waals surface area contributed by atoms with E-state index in [0.29, 0.717) is 55.1 Å². The average Bonchev–Trinajstić information content (AvgIpc) is 2.63. The average molecular weight is 342 g/mol. The number of ether oxygens (including phenoxy) is 1. The highest BCUT2D eigenvalue weighted by Gasteiger charge is 2.29. The molecule has 1 aliphatic rings. The highest BCUT2D eigenvalue weighted by atomic mass is 16.5. The number of hydrogen-bond acceptors (Lipinski definition) is 6. The monoisotopic (exact) mass is 342 g/mol. The molecule has 0 spiro atoms. The van der Waals surface area contributed by atoms with Crippen molar-refractivity contribution in [3.8, 4) is 6.07 Å². The second-order valence-electron chi connectivity index (χ2n) is 6.32. The fraction of sp³-hybridized carbons (Fsp3) is 0.500. The first kappa shape index (κ1) is 17.4. The lowest BCUT2D eigenvalue weighted by Crippen LogP contribution is -2.45. The van der Waals surface area contributed by atoms with Crippen LogP contribution in [0.1, 0.15) is 19.0 Å². The van der Waals surface area contributed by atoms with Crippen LogP contribution in [-0.4, -0.2) is 47.1 Å². The number of aliphatic hydroxyl groups excluding tert-OH is 1. The molecule has 3 rings (SSSR count). The van der Waals surface area contributed by atoms with Gasteiger partial charge in [0.2, 0.25) is 0 Å². The van der Waals surface area contributed by atoms with Crippen molar-refractivity contribution in [2.45, 2.75) is 19.4 Å². The Hall–Kier alpha value is -2.43. The van der Waals surface area contributed by atoms with E-state index in [1.54, 1.807) is 25.2 Å². The molecule has 1 saturated heterocycles. The molecule has 1 N–H and O–H groups in total. The number of piperidine rings is 1. The molecule has 0 bridgehead atoms. The minimum Gasteiger partial charge on any atom is -0.393 e. The number of nitrogens with zero attached hydrogens (tertiary/aromatic N) is 4. The van der Waals surface area contributed by atoms with E-state index in [2.05, 4.69) is 16.0 Å². The minimum absolute atomic E-state index is 0.0213. The van der Waals surface area contributed by atoms with Crippen molar-refractivity contribution in [1.82, 2.24) is 9.55 Å². The predicted molar refractivity (Wildman–Crippen MR) is 94.5 cm³/mol. The maximum Gasteiger partial charge on any atom is 0.252 e. The molecule has 0 saturated carbocycles. The molecule has 132 valence electrons. The molecule has 2 aromatic rings. The molecule has 1 fully saturated rings. The molecule has 2 atom stereocenters. The van der Waals surface area contributed by atoms with Crippen molar-refractivity contribution in [3.05, 3.63) is 34.2 Å². The van der Waals surface area contributed by atoms with Gasteiger partial charge < -0.3 is 19.3 Å². The third-order valence-electron chi connectivity index (χ3n) is 4.75. The maximum absolute atomic E-state index is 12.3. The molecular weight excluding hydrogens is 320 g/mol. The summed E-state index contributed by atoms with van der Waals surface area (Å²) in [5.41, 5.74) is 2.22. The van der Waals surface area contributed by atoms with Crippen LogP contribution in [0.4, 0.5) is 5.69 Å². The number of aromatic nitrogens is 2. The lowest BCUT2D eigenvalue weighted by Gasteiger charge is -2.37. The molecule has 7 nitrogen and oxygen atoms in total. The molecule has 0 radical (unpaired) electrons. The smallest absolute Gasteiger partial charge is 0.252 e. The van der Waals surface area contributed by atoms with Crippen LogP contribution in [0.5, 0.6) is 0 Å². The highest BCUT2D eigenvalue weighted by Crippen LogP contribution is 2.28. The Kier molecular flexibility index (Phi) is 5.02. The van der Waals surface area contributed by atoms with Gasteiger partial charge in [-0.1, -0.05) is 0 Å². The van der Waals surface area contributed by atoms with Gasteiger partial charge in [0.05, 0.1) is 23.9 Å². The second-order valence-corrected chi connectivity index (χ2v) is 6.32. The molecule has 0 aromatic carbocycles. The van der Waals surface area contributed by atoms with Crippen LogP contribution < -0.4 is 10.5 Å². The van der Waals surface area contributed by atoms with Gasteiger partial charge in [-0.05, 0) is 25.5 Å². The standard InChI is InChI=1S/C18H22N4O3/c1-3-25-11-12-10-22(7-6-16(12)23)15-8-17(24)21(2)14-5-4-13(9-19)20-18(14)15/h4-5,8,12,16,23H,3,6-7,10-11H2,1-2H3/t12-,16+/m1/s1. The zero-order valence-corrected chi connectivity index (χ0v) is 14.5. The van der Waals surface area contributed by atoms with Crippen LogP contribution >= 0.6 is 0 Å². The van der Waals surface area contributed by atoms with Crippen molar-refractivity contribution in [2.24, 2.45) is 13.0 Å². The Labute approximate surface area is 146 Å². The number of rotatable bonds is 4. The van der Waals surface area contributed by atoms with Crippen LogP contribution in [0.3, 0.4) is 0 Å². The SMILES string of the molecule is CCOC[C@H]1CN(c2cc(=O)n(C)c3ccc(C#N)nc23)CC[C@@H]1O. The van der Waals surface area contributed by atoms with Gasteiger partial charge >= 0.3 is 0 Å². The summed E-state index contributed by atoms with van der Waals surface area (Å²) in [5.74, 6) is -0.0213. The molecule has 7 heteroatoms. The quantitative estimate of drug-likeness (QED) is 0.892. The summed E-state index contributed by atoms with van der Waals surface area (Å²) in [5, 5.41) is 19.4. The van der Waals surface area contributed by atoms with Crippen molar-refractivity contribution >= 4 is 16.7 Å². The molecule has 25 heavy (non-hydrogen) atoms. The molecule has 0 amide bonds. The highest BCUT2D eigenvalue weighted by molar-refractivity contribution is 5.88. The van der Waals surface area contributed by atoms with E-state index >= 15 is 0 Å². The van der Waals surface area contributed by atoms with E-state index in [-0.39, 0.29) is 11.5 Å². The predicted octanol–water partition coefficient (Wildman–Crippen LogP) is 1.03. The number of aryl methyl sites for hydroxylation is 1. The lowest BCUT2D eigenvalue weighted by atomic mass is 9.95. The summed E-state index contributed by atoms with van der Waals surface area (Å²) in [6, 6.07) is 6.98. The zero-order valence-electron chi connectivity index (χ0n) is 14.5. The molecule has 1 aliphatic heterocycles. The Morgan fingerprint density at radius 1 is 1.48 bits per heavy atom. The summed E-state index contributed by atoms with van der Waals surface area (Å²) in [6.07, 6.45) is 0.190. The van der Waals surface area contributed by atoms with E-state index in [1.165, 1.54) is 4.57 Å². The number of aliphatic hydroxyl groups is 1. The largest absolute Gasteiger partial charge is 0.393 e. The minimum atomic E-state index is -0.414. The Balaban J connectivity index is 2.04. The molecule has 0 unspecified atom stereocenters. The number of pyridine rings is 2. The number of anilines is 1. The number of fused-ring (bicyclic) bond motifs is 1. The van der Waals surface area contributed by atoms with E-state index in [1.807, 2.05) is 6.92 Å². The number of hydrogen-bond donors (Lipinski definition) is 1. The van der Waals surface area contributed by atoms with Gasteiger partial charge in [-0.3, -0.25) is 4.79 Å². The molecule has 0 aliphatic carbocycles. The summed E-state index contributed by atoms with van der Waals surface area (Å²) in [7, 11) is 1.69. The van der Waals surface area contributed by atoms with Gasteiger partial charge in [0.15, 0.2) is 0 Å². The van der Waals surface area contributed by atoms with Gasteiger partial charge in [-0.2, -0.15) is 5.26 Å². The first-order valence-corrected chi connectivity index (χ1v) is 8.46. The fourth-order valence-electron chi connectivity index (χ4n) is 3.29. The van der Waals surface area contributed by atoms with Crippen LogP contribution in [0, 0.1) is 17.2 Å². The Bertz CT molecular complexity index is 871. The van der Waals surface area contributed by atoms with Crippen molar-refractivity contribution in [2.75, 3.05) is 31.2 Å². The lowest BCUT2D eigenvalue weighted by molar-refractivity contribution is 0.0222. The van der Waals surface area contributed by atoms with Crippen molar-refractivity contribution < 1.29 is 9.84 Å². The Morgan fingerprint density at radius 3 is 3.00 bits per heavy atom. The molecule has 2 aromatic heterocycles. The first-order valence-electron chi connectivity index (χ1n) is 8.46. The summed E-state index contributed by atoms with van der Waals surface area (Å²) in [6.45, 7) is 4.22. The number of nitriles is 1. The van der Waals surface area contributed by atoms with Crippen LogP contribution in [-0.2, 0) is 11.8 Å². The Morgan fingerprint density at radius 2 is 2.28 bits per heavy atom. The van der Waals surface area contributed by atoms with Gasteiger partial charge in [0.1, 0.15) is 17.3 Å². The third kappa shape index (κ3) is 3.36. The third-order valence-corrected chi connectivity index (χ3v) is 4.75. The van der Waals surface area contributed by atoms with Crippen LogP contribution in [0.25, 0.3) is 11.0 Å². The van der Waals surface area contributed by atoms with Crippen LogP contribution in [0.2, 0.25) is 0 Å². The van der Waals surface area contributed by atoms with Gasteiger partial charge in [-0.25, -0.2) is 4.98 Å². The van der Waals surface area contributed by atoms with Crippen molar-refractivity contribution in [3.63, 3.8) is 0 Å². The first-order chi connectivity index (χ1) is 12.0. The zero-order chi connectivity index (χ0) is 18.0. The van der Waals surface area contributed by atoms with E-state index in [0.717, 1.165) is 0 Å². The van der Waals surface area contributed by atoms with Gasteiger partial charge in [0.25, 0.3) is 5.56 Å². The topological polar surface area (TPSA) is 91.4 Å². The summed E-state index contributed by atoms with van der Waals surface area (Å²) >= 11 is 0. The normalized spacial score (nSPS) is 20.6. The van der Waals surface area contributed by atoms with E-state index < -0.39 is 6.10 Å². The van der Waals surface area contributed by atoms with Gasteiger partial charge in [-0.15, -0.1) is 0 Å². The summed E-state index contributed by atoms with van der Waals surface area (Å²) < 4.78 is 7.01. The van der Waals surface area contributed by atoms with Crippen LogP contribution in [0.15, 0.2) is 23.0 Å². The van der Waals surface area contributed by atoms with E-state index in [9.17, 15) is 9.90 Å². The second kappa shape index (κ2) is 7.21.